The van der Waals surface area contributed by atoms with Crippen molar-refractivity contribution in [3.05, 3.63) is 23.8 Å². The topological polar surface area (TPSA) is 75.3 Å². The molecule has 0 aliphatic rings. The van der Waals surface area contributed by atoms with E-state index < -0.39 is 6.61 Å². The average Bonchev–Trinajstić information content (AvgIpc) is 2.17. The first-order chi connectivity index (χ1) is 6.19. The van der Waals surface area contributed by atoms with Gasteiger partial charge in [0.25, 0.3) is 0 Å². The van der Waals surface area contributed by atoms with Gasteiger partial charge in [0.2, 0.25) is 0 Å². The molecule has 1 rings (SSSR count). The molecule has 0 amide bonds. The van der Waals surface area contributed by atoms with Crippen LogP contribution in [0.1, 0.15) is 10.4 Å². The molecular formula is C9H12N2O2. The lowest BCUT2D eigenvalue weighted by Gasteiger charge is -2.06. The number of carbonyl (C=O) groups is 1. The first-order valence-corrected chi connectivity index (χ1v) is 3.90. The van der Waals surface area contributed by atoms with Gasteiger partial charge in [-0.05, 0) is 18.2 Å². The quantitative estimate of drug-likeness (QED) is 0.467. The Kier molecular flexibility index (Phi) is 2.87. The predicted octanol–water partition coefficient (Wildman–Crippen LogP) is 0.486. The normalized spacial score (nSPS) is 9.69. The van der Waals surface area contributed by atoms with Gasteiger partial charge in [0, 0.05) is 12.6 Å². The molecule has 0 aliphatic heterocycles. The van der Waals surface area contributed by atoms with Gasteiger partial charge in [-0.3, -0.25) is 4.79 Å². The van der Waals surface area contributed by atoms with Crippen molar-refractivity contribution in [2.45, 2.75) is 0 Å². The number of nitrogens with two attached hydrogens (primary N) is 1. The van der Waals surface area contributed by atoms with E-state index in [1.54, 1.807) is 25.2 Å². The van der Waals surface area contributed by atoms with Crippen LogP contribution in [0.2, 0.25) is 0 Å². The van der Waals surface area contributed by atoms with Crippen molar-refractivity contribution in [2.75, 3.05) is 24.7 Å². The molecule has 4 heteroatoms. The maximum Gasteiger partial charge on any atom is 0.188 e. The van der Waals surface area contributed by atoms with Crippen LogP contribution in [-0.2, 0) is 0 Å². The minimum absolute atomic E-state index is 0.309. The molecule has 4 nitrogen and oxygen atoms in total. The Morgan fingerprint density at radius 1 is 1.62 bits per heavy atom. The van der Waals surface area contributed by atoms with E-state index in [4.69, 9.17) is 10.8 Å². The van der Waals surface area contributed by atoms with Crippen molar-refractivity contribution in [3.63, 3.8) is 0 Å². The number of benzene rings is 1. The summed E-state index contributed by atoms with van der Waals surface area (Å²) in [6, 6.07) is 4.84. The highest BCUT2D eigenvalue weighted by Gasteiger charge is 2.05. The second-order valence-corrected chi connectivity index (χ2v) is 2.63. The second kappa shape index (κ2) is 3.91. The summed E-state index contributed by atoms with van der Waals surface area (Å²) >= 11 is 0. The zero-order valence-corrected chi connectivity index (χ0v) is 7.37. The van der Waals surface area contributed by atoms with Gasteiger partial charge in [-0.2, -0.15) is 0 Å². The molecule has 1 aromatic rings. The highest BCUT2D eigenvalue weighted by Crippen LogP contribution is 2.19. The third-order valence-corrected chi connectivity index (χ3v) is 1.79. The van der Waals surface area contributed by atoms with Crippen LogP contribution in [0.3, 0.4) is 0 Å². The molecule has 0 saturated carbocycles. The summed E-state index contributed by atoms with van der Waals surface area (Å²) in [6.45, 7) is -0.479. The van der Waals surface area contributed by atoms with E-state index >= 15 is 0 Å². The van der Waals surface area contributed by atoms with Crippen LogP contribution in [0.5, 0.6) is 0 Å². The van der Waals surface area contributed by atoms with Crippen LogP contribution in [0, 0.1) is 0 Å². The highest BCUT2D eigenvalue weighted by molar-refractivity contribution is 5.98. The number of anilines is 2. The number of rotatable bonds is 3. The summed E-state index contributed by atoms with van der Waals surface area (Å²) in [6.07, 6.45) is 0. The molecule has 0 bridgehead atoms. The van der Waals surface area contributed by atoms with E-state index in [2.05, 4.69) is 5.32 Å². The Hall–Kier alpha value is -1.55. The van der Waals surface area contributed by atoms with Crippen LogP contribution in [0.15, 0.2) is 18.2 Å². The van der Waals surface area contributed by atoms with E-state index in [9.17, 15) is 4.79 Å². The van der Waals surface area contributed by atoms with Crippen LogP contribution in [-0.4, -0.2) is 24.5 Å². The monoisotopic (exact) mass is 180 g/mol. The molecular weight excluding hydrogens is 168 g/mol. The molecule has 0 fully saturated rings. The summed E-state index contributed by atoms with van der Waals surface area (Å²) in [4.78, 5) is 11.1. The second-order valence-electron chi connectivity index (χ2n) is 2.63. The van der Waals surface area contributed by atoms with Crippen molar-refractivity contribution in [1.82, 2.24) is 0 Å². The summed E-state index contributed by atoms with van der Waals surface area (Å²) in [5, 5.41) is 11.5. The fourth-order valence-electron chi connectivity index (χ4n) is 1.04. The largest absolute Gasteiger partial charge is 0.397 e. The molecule has 0 radical (unpaired) electrons. The standard InChI is InChI=1S/C9H12N2O2/c1-11-8-4-6(9(13)5-12)2-3-7(8)10/h2-4,11-12H,5,10H2,1H3. The molecule has 0 spiro atoms. The summed E-state index contributed by atoms with van der Waals surface area (Å²) in [5.74, 6) is -0.309. The molecule has 0 saturated heterocycles. The van der Waals surface area contributed by atoms with Crippen molar-refractivity contribution < 1.29 is 9.90 Å². The molecule has 0 aliphatic carbocycles. The van der Waals surface area contributed by atoms with Crippen molar-refractivity contribution in [1.29, 1.82) is 0 Å². The van der Waals surface area contributed by atoms with Crippen molar-refractivity contribution >= 4 is 17.2 Å². The van der Waals surface area contributed by atoms with Gasteiger partial charge < -0.3 is 16.2 Å². The van der Waals surface area contributed by atoms with Crippen molar-refractivity contribution in [2.24, 2.45) is 0 Å². The number of Topliss-reactive ketones (excluding diaryl/α,β-unsaturated/α-hetero) is 1. The first kappa shape index (κ1) is 9.54. The first-order valence-electron chi connectivity index (χ1n) is 3.90. The number of aliphatic hydroxyl groups excluding tert-OH is 1. The molecule has 0 atom stereocenters. The Morgan fingerprint density at radius 3 is 2.85 bits per heavy atom. The minimum Gasteiger partial charge on any atom is -0.397 e. The zero-order chi connectivity index (χ0) is 9.84. The number of nitrogens with one attached hydrogen (secondary N) is 1. The summed E-state index contributed by atoms with van der Waals surface area (Å²) in [5.41, 5.74) is 7.34. The van der Waals surface area contributed by atoms with Crippen LogP contribution in [0.25, 0.3) is 0 Å². The Morgan fingerprint density at radius 2 is 2.31 bits per heavy atom. The summed E-state index contributed by atoms with van der Waals surface area (Å²) in [7, 11) is 1.72. The van der Waals surface area contributed by atoms with E-state index in [1.807, 2.05) is 0 Å². The molecule has 4 N–H and O–H groups in total. The number of ketones is 1. The number of hydrogen-bond donors (Lipinski definition) is 3. The lowest BCUT2D eigenvalue weighted by atomic mass is 10.1. The van der Waals surface area contributed by atoms with Gasteiger partial charge in [0.15, 0.2) is 5.78 Å². The predicted molar refractivity (Wildman–Crippen MR) is 51.8 cm³/mol. The van der Waals surface area contributed by atoms with E-state index in [0.717, 1.165) is 0 Å². The van der Waals surface area contributed by atoms with Crippen LogP contribution in [0.4, 0.5) is 11.4 Å². The fourth-order valence-corrected chi connectivity index (χ4v) is 1.04. The maximum absolute atomic E-state index is 11.1. The lowest BCUT2D eigenvalue weighted by molar-refractivity contribution is 0.0904. The third-order valence-electron chi connectivity index (χ3n) is 1.79. The average molecular weight is 180 g/mol. The van der Waals surface area contributed by atoms with E-state index in [0.29, 0.717) is 16.9 Å². The Bertz CT molecular complexity index is 323. The van der Waals surface area contributed by atoms with Gasteiger partial charge in [-0.1, -0.05) is 0 Å². The van der Waals surface area contributed by atoms with Gasteiger partial charge in [0.05, 0.1) is 11.4 Å². The molecule has 1 aromatic carbocycles. The molecule has 70 valence electrons. The van der Waals surface area contributed by atoms with Crippen molar-refractivity contribution in [3.8, 4) is 0 Å². The van der Waals surface area contributed by atoms with Gasteiger partial charge in [0.1, 0.15) is 6.61 Å². The minimum atomic E-state index is -0.479. The Balaban J connectivity index is 3.06. The molecule has 0 heterocycles. The fraction of sp³-hybridized carbons (Fsp3) is 0.222. The molecule has 13 heavy (non-hydrogen) atoms. The number of nitrogen functional groups attached to an aromatic ring is 1. The Labute approximate surface area is 76.4 Å². The van der Waals surface area contributed by atoms with Crippen LogP contribution < -0.4 is 11.1 Å². The van der Waals surface area contributed by atoms with E-state index in [1.165, 1.54) is 0 Å². The van der Waals surface area contributed by atoms with Crippen LogP contribution >= 0.6 is 0 Å². The van der Waals surface area contributed by atoms with Gasteiger partial charge in [-0.15, -0.1) is 0 Å². The zero-order valence-electron chi connectivity index (χ0n) is 7.37. The molecule has 0 aromatic heterocycles. The highest BCUT2D eigenvalue weighted by atomic mass is 16.3. The maximum atomic E-state index is 11.1. The van der Waals surface area contributed by atoms with E-state index in [-0.39, 0.29) is 5.78 Å². The number of aliphatic hydroxyl groups is 1. The number of carbonyl (C=O) groups excluding carboxylic acids is 1. The summed E-state index contributed by atoms with van der Waals surface area (Å²) < 4.78 is 0. The smallest absolute Gasteiger partial charge is 0.188 e. The lowest BCUT2D eigenvalue weighted by Crippen LogP contribution is -2.05. The third kappa shape index (κ3) is 1.97. The van der Waals surface area contributed by atoms with Gasteiger partial charge >= 0.3 is 0 Å². The SMILES string of the molecule is CNc1cc(C(=O)CO)ccc1N. The molecule has 0 unspecified atom stereocenters. The number of hydrogen-bond acceptors (Lipinski definition) is 4. The van der Waals surface area contributed by atoms with Gasteiger partial charge in [-0.25, -0.2) is 0 Å².